The summed E-state index contributed by atoms with van der Waals surface area (Å²) in [6, 6.07) is -3.10. The van der Waals surface area contributed by atoms with Gasteiger partial charge in [0, 0.05) is 123 Å². The van der Waals surface area contributed by atoms with Gasteiger partial charge in [0.2, 0.25) is 29.3 Å². The molecular formula is C56H105BrN4O28. The number of carbonyl (C=O) groups is 11. The summed E-state index contributed by atoms with van der Waals surface area (Å²) in [4.78, 5) is 121. The number of methoxy groups -OCH3 is 10. The molecule has 0 rings (SSSR count). The predicted octanol–water partition coefficient (Wildman–Crippen LogP) is 3.03. The molecule has 0 spiro atoms. The Kier molecular flexibility index (Phi) is 70.8. The Morgan fingerprint density at radius 1 is 0.483 bits per heavy atom. The van der Waals surface area contributed by atoms with Crippen molar-refractivity contribution in [2.75, 3.05) is 103 Å². The van der Waals surface area contributed by atoms with Crippen LogP contribution in [0.4, 0.5) is 0 Å². The maximum atomic E-state index is 12.3. The molecule has 89 heavy (non-hydrogen) atoms. The van der Waals surface area contributed by atoms with Gasteiger partial charge >= 0.3 is 41.8 Å². The zero-order valence-corrected chi connectivity index (χ0v) is 56.8. The van der Waals surface area contributed by atoms with E-state index >= 15 is 0 Å². The Morgan fingerprint density at radius 3 is 1.08 bits per heavy atom. The minimum Gasteiger partial charge on any atom is -0.481 e. The molecule has 33 heteroatoms. The number of hydrogen-bond donors (Lipinski definition) is 7. The molecule has 32 nitrogen and oxygen atoms in total. The number of allylic oxidation sites excluding steroid dienone is 1. The highest BCUT2D eigenvalue weighted by Crippen LogP contribution is 2.21. The van der Waals surface area contributed by atoms with Crippen LogP contribution >= 0.6 is 15.9 Å². The zero-order valence-electron chi connectivity index (χ0n) is 55.2. The van der Waals surface area contributed by atoms with Gasteiger partial charge in [-0.1, -0.05) is 29.4 Å². The minimum atomic E-state index is -1.91. The Labute approximate surface area is 532 Å². The fourth-order valence-corrected chi connectivity index (χ4v) is 6.67. The number of halogens is 1. The maximum absolute atomic E-state index is 12.3. The molecule has 3 atom stereocenters. The van der Waals surface area contributed by atoms with Gasteiger partial charge in [0.25, 0.3) is 0 Å². The van der Waals surface area contributed by atoms with Crippen LogP contribution in [0, 0.1) is 5.92 Å². The quantitative estimate of drug-likeness (QED) is 0.00881. The highest BCUT2D eigenvalue weighted by molar-refractivity contribution is 9.09. The van der Waals surface area contributed by atoms with Crippen LogP contribution in [0.3, 0.4) is 0 Å². The Hall–Kier alpha value is -5.85. The summed E-state index contributed by atoms with van der Waals surface area (Å²) >= 11 is 3.27. The molecule has 0 bridgehead atoms. The van der Waals surface area contributed by atoms with Crippen molar-refractivity contribution in [3.63, 3.8) is 0 Å². The number of alkyl halides is 1. The van der Waals surface area contributed by atoms with Gasteiger partial charge in [-0.25, -0.2) is 24.0 Å². The van der Waals surface area contributed by atoms with E-state index in [9.17, 15) is 47.9 Å². The Morgan fingerprint density at radius 2 is 0.820 bits per heavy atom. The van der Waals surface area contributed by atoms with Gasteiger partial charge in [-0.15, -0.1) is 0 Å². The molecule has 0 radical (unpaired) electrons. The van der Waals surface area contributed by atoms with E-state index in [-0.39, 0.29) is 76.4 Å². The summed E-state index contributed by atoms with van der Waals surface area (Å²) in [5.41, 5.74) is 3.35. The van der Waals surface area contributed by atoms with Crippen molar-refractivity contribution in [1.82, 2.24) is 16.0 Å². The molecule has 0 aromatic rings. The van der Waals surface area contributed by atoms with E-state index in [4.69, 9.17) is 82.7 Å². The van der Waals surface area contributed by atoms with Gasteiger partial charge in [-0.2, -0.15) is 0 Å². The van der Waals surface area contributed by atoms with E-state index < -0.39 is 89.8 Å². The SMILES string of the molecule is C=CC=O.CCOC(=O)C(CCC(OC)OC)(NC(C)=O)C(=O)OCC.CCOC(=O)C(NC(C)=O)C(=O)OCC.CC[C@@H](CCC(OC)OC)C(=O)O.COC(CCBr)OC.COC(CCC(NC(C)=O)C(=O)O)OC.COC(CC[C@H](N)C(=O)O)OC. The molecule has 0 saturated heterocycles. The van der Waals surface area contributed by atoms with Gasteiger partial charge in [0.05, 0.1) is 32.3 Å². The molecule has 0 aromatic heterocycles. The summed E-state index contributed by atoms with van der Waals surface area (Å²) in [5, 5.41) is 33.7. The number of aliphatic carboxylic acids is 3. The lowest BCUT2D eigenvalue weighted by molar-refractivity contribution is -0.170. The van der Waals surface area contributed by atoms with E-state index in [2.05, 4.69) is 47.9 Å². The normalized spacial score (nSPS) is 11.4. The smallest absolute Gasteiger partial charge is 0.343 e. The van der Waals surface area contributed by atoms with Crippen LogP contribution in [0.5, 0.6) is 0 Å². The van der Waals surface area contributed by atoms with Crippen LogP contribution in [0.2, 0.25) is 0 Å². The minimum absolute atomic E-state index is 0.0469. The molecule has 1 unspecified atom stereocenters. The molecule has 0 aliphatic carbocycles. The second-order valence-corrected chi connectivity index (χ2v) is 18.1. The van der Waals surface area contributed by atoms with Gasteiger partial charge in [0.15, 0.2) is 31.5 Å². The first-order valence-corrected chi connectivity index (χ1v) is 28.9. The monoisotopic (exact) mass is 1360 g/mol. The van der Waals surface area contributed by atoms with E-state index in [1.807, 2.05) is 6.92 Å². The average molecular weight is 1360 g/mol. The first kappa shape index (κ1) is 96.8. The first-order chi connectivity index (χ1) is 41.9. The second-order valence-electron chi connectivity index (χ2n) is 17.3. The molecule has 524 valence electrons. The molecule has 0 fully saturated rings. The van der Waals surface area contributed by atoms with Crippen LogP contribution in [0.1, 0.15) is 120 Å². The topological polar surface area (TPSA) is 440 Å². The van der Waals surface area contributed by atoms with Crippen molar-refractivity contribution in [3.05, 3.63) is 12.7 Å². The average Bonchev–Trinajstić information content (AvgIpc) is 1.38. The standard InChI is InChI=1S/C14H25NO7.C9H17NO5.C9H15NO5.C9H18O4.C7H15NO4.C5H11BrO2.C3H4O/c1-6-21-12(17)14(15-10(3)16,13(18)22-7-2)9-8-11(19-4)20-5;1-6(11)10-7(9(12)13)4-5-8(14-2)15-3;1-4-14-8(12)7(10-6(3)11)9(13)15-5-2;1-4-7(9(10)11)5-6-8(12-2)13-3;1-11-6(12-2)4-3-5(8)7(9)10;1-7-5(8-2)3-4-6;1-2-3-4/h11H,6-9H2,1-5H3,(H,15,16);7-8H,4-5H2,1-3H3,(H,10,11)(H,12,13);7H,4-5H2,1-3H3,(H,10,11);7-8H,4-6H2,1-3H3,(H,10,11);5-6H,3-4,8H2,1-2H3,(H,9,10);5H,3-4H2,1-2H3;2-3H,1H2/t;;;7-;5-;;/m...00../s1. The van der Waals surface area contributed by atoms with E-state index in [1.54, 1.807) is 56.1 Å². The molecule has 0 aliphatic heterocycles. The van der Waals surface area contributed by atoms with Crippen LogP contribution in [-0.4, -0.2) is 239 Å². The summed E-state index contributed by atoms with van der Waals surface area (Å²) in [6.07, 6.45) is 4.45. The summed E-state index contributed by atoms with van der Waals surface area (Å²) in [6.45, 7) is 15.5. The number of ether oxygens (including phenoxy) is 14. The summed E-state index contributed by atoms with van der Waals surface area (Å²) in [5.74, 6) is -7.86. The lowest BCUT2D eigenvalue weighted by Crippen LogP contribution is -2.61. The van der Waals surface area contributed by atoms with Gasteiger partial charge in [-0.3, -0.25) is 28.8 Å². The third kappa shape index (κ3) is 54.8. The van der Waals surface area contributed by atoms with Crippen molar-refractivity contribution in [2.24, 2.45) is 11.7 Å². The number of aldehydes is 1. The first-order valence-electron chi connectivity index (χ1n) is 27.8. The van der Waals surface area contributed by atoms with Crippen LogP contribution in [-0.2, 0) is 119 Å². The lowest BCUT2D eigenvalue weighted by Gasteiger charge is -2.30. The number of carboxylic acids is 3. The molecular weight excluding hydrogens is 1260 g/mol. The van der Waals surface area contributed by atoms with E-state index in [0.717, 1.165) is 11.8 Å². The van der Waals surface area contributed by atoms with Gasteiger partial charge in [0.1, 0.15) is 18.4 Å². The van der Waals surface area contributed by atoms with Crippen molar-refractivity contribution in [1.29, 1.82) is 0 Å². The molecule has 0 saturated carbocycles. The molecule has 3 amide bonds. The van der Waals surface area contributed by atoms with Gasteiger partial charge < -0.3 is 103 Å². The number of carbonyl (C=O) groups excluding carboxylic acids is 8. The number of amides is 3. The Bertz CT molecular complexity index is 1840. The van der Waals surface area contributed by atoms with Crippen molar-refractivity contribution < 1.29 is 134 Å². The highest BCUT2D eigenvalue weighted by atomic mass is 79.9. The number of hydrogen-bond acceptors (Lipinski definition) is 26. The number of esters is 4. The van der Waals surface area contributed by atoms with Crippen molar-refractivity contribution in [3.8, 4) is 0 Å². The Balaban J connectivity index is -0.000000183. The second kappa shape index (κ2) is 65.1. The number of carboxylic acid groups (broad SMARTS) is 3. The fourth-order valence-electron chi connectivity index (χ4n) is 6.30. The van der Waals surface area contributed by atoms with Crippen molar-refractivity contribution >= 4 is 81.7 Å². The van der Waals surface area contributed by atoms with E-state index in [0.29, 0.717) is 44.8 Å². The van der Waals surface area contributed by atoms with Gasteiger partial charge in [-0.05, 0) is 72.3 Å². The highest BCUT2D eigenvalue weighted by Gasteiger charge is 2.50. The maximum Gasteiger partial charge on any atom is 0.343 e. The van der Waals surface area contributed by atoms with Crippen molar-refractivity contribution in [2.45, 2.75) is 175 Å². The molecule has 0 aromatic carbocycles. The van der Waals surface area contributed by atoms with E-state index in [1.165, 1.54) is 69.5 Å². The number of nitrogens with two attached hydrogens (primary N) is 1. The third-order valence-corrected chi connectivity index (χ3v) is 11.3. The van der Waals surface area contributed by atoms with Crippen LogP contribution in [0.15, 0.2) is 12.7 Å². The number of nitrogens with one attached hydrogen (secondary N) is 3. The predicted molar refractivity (Wildman–Crippen MR) is 324 cm³/mol. The zero-order chi connectivity index (χ0) is 70.5. The summed E-state index contributed by atoms with van der Waals surface area (Å²) < 4.78 is 68.4. The molecule has 8 N–H and O–H groups in total. The third-order valence-electron chi connectivity index (χ3n) is 10.8. The largest absolute Gasteiger partial charge is 0.481 e. The molecule has 0 heterocycles. The summed E-state index contributed by atoms with van der Waals surface area (Å²) in [7, 11) is 15.2. The number of rotatable bonds is 40. The van der Waals surface area contributed by atoms with Crippen LogP contribution in [0.25, 0.3) is 0 Å². The fraction of sp³-hybridized carbons (Fsp3) is 0.768. The van der Waals surface area contributed by atoms with Crippen LogP contribution < -0.4 is 21.7 Å². The lowest BCUT2D eigenvalue weighted by atomic mass is 9.92. The molecule has 0 aliphatic rings.